The van der Waals surface area contributed by atoms with Crippen molar-refractivity contribution < 1.29 is 0 Å². The molecule has 124 valence electrons. The molecule has 0 amide bonds. The van der Waals surface area contributed by atoms with Crippen LogP contribution in [0.5, 0.6) is 0 Å². The lowest BCUT2D eigenvalue weighted by Gasteiger charge is -2.54. The van der Waals surface area contributed by atoms with E-state index in [4.69, 9.17) is 0 Å². The maximum Gasteiger partial charge on any atom is 0.0149 e. The van der Waals surface area contributed by atoms with Crippen molar-refractivity contribution in [3.05, 3.63) is 35.4 Å². The highest BCUT2D eigenvalue weighted by atomic mass is 15.0. The molecule has 2 heteroatoms. The summed E-state index contributed by atoms with van der Waals surface area (Å²) in [7, 11) is 0. The number of rotatable bonds is 5. The fraction of sp³-hybridized carbons (Fsp3) is 0.714. The highest BCUT2D eigenvalue weighted by Crippen LogP contribution is 2.53. The molecule has 2 nitrogen and oxygen atoms in total. The van der Waals surface area contributed by atoms with E-state index in [9.17, 15) is 0 Å². The highest BCUT2D eigenvalue weighted by Gasteiger charge is 2.47. The first-order chi connectivity index (χ1) is 11.3. The summed E-state index contributed by atoms with van der Waals surface area (Å²) in [5.41, 5.74) is 3.11. The minimum Gasteiger partial charge on any atom is -0.312 e. The average molecular weight is 310 g/mol. The number of hydrogen-bond donors (Lipinski definition) is 2. The van der Waals surface area contributed by atoms with Gasteiger partial charge in [-0.3, -0.25) is 0 Å². The molecule has 0 saturated heterocycles. The molecule has 4 saturated carbocycles. The molecule has 23 heavy (non-hydrogen) atoms. The Labute approximate surface area is 140 Å². The van der Waals surface area contributed by atoms with Crippen LogP contribution in [0, 0.1) is 23.7 Å². The van der Waals surface area contributed by atoms with Crippen molar-refractivity contribution in [2.24, 2.45) is 23.7 Å². The van der Waals surface area contributed by atoms with Crippen molar-refractivity contribution in [3.8, 4) is 0 Å². The fourth-order valence-electron chi connectivity index (χ4n) is 6.48. The van der Waals surface area contributed by atoms with Gasteiger partial charge in [-0.1, -0.05) is 24.3 Å². The monoisotopic (exact) mass is 310 g/mol. The molecule has 1 aromatic carbocycles. The van der Waals surface area contributed by atoms with E-state index in [0.29, 0.717) is 6.04 Å². The van der Waals surface area contributed by atoms with Gasteiger partial charge in [0.2, 0.25) is 0 Å². The minimum atomic E-state index is 0.660. The molecule has 0 aromatic heterocycles. The predicted molar refractivity (Wildman–Crippen MR) is 94.5 cm³/mol. The SMILES string of the molecule is c1ccc2c(c1)CC(NCCNC1C3CC4CC(C3)CC1C4)C2. The third-order valence-corrected chi connectivity index (χ3v) is 7.22. The summed E-state index contributed by atoms with van der Waals surface area (Å²) >= 11 is 0. The zero-order valence-electron chi connectivity index (χ0n) is 14.1. The van der Waals surface area contributed by atoms with Gasteiger partial charge >= 0.3 is 0 Å². The molecule has 4 bridgehead atoms. The van der Waals surface area contributed by atoms with E-state index in [1.54, 1.807) is 17.5 Å². The first kappa shape index (κ1) is 14.5. The second-order valence-electron chi connectivity index (χ2n) is 8.74. The maximum absolute atomic E-state index is 3.95. The predicted octanol–water partition coefficient (Wildman–Crippen LogP) is 3.16. The van der Waals surface area contributed by atoms with E-state index in [1.165, 1.54) is 38.5 Å². The fourth-order valence-corrected chi connectivity index (χ4v) is 6.48. The van der Waals surface area contributed by atoms with Crippen LogP contribution in [-0.4, -0.2) is 25.2 Å². The van der Waals surface area contributed by atoms with Crippen LogP contribution in [0.3, 0.4) is 0 Å². The lowest BCUT2D eigenvalue weighted by atomic mass is 9.54. The highest BCUT2D eigenvalue weighted by molar-refractivity contribution is 5.33. The molecule has 0 aliphatic heterocycles. The standard InChI is InChI=1S/C21H30N2/c1-2-4-17-13-20(12-16(17)3-1)22-5-6-23-21-18-8-14-7-15(10-18)11-19(21)9-14/h1-4,14-15,18-23H,5-13H2. The van der Waals surface area contributed by atoms with Gasteiger partial charge in [-0.15, -0.1) is 0 Å². The van der Waals surface area contributed by atoms with Gasteiger partial charge < -0.3 is 10.6 Å². The first-order valence-electron chi connectivity index (χ1n) is 9.88. The zero-order chi connectivity index (χ0) is 15.2. The van der Waals surface area contributed by atoms with Crippen LogP contribution < -0.4 is 10.6 Å². The zero-order valence-corrected chi connectivity index (χ0v) is 14.1. The smallest absolute Gasteiger partial charge is 0.0149 e. The molecular weight excluding hydrogens is 280 g/mol. The minimum absolute atomic E-state index is 0.660. The van der Waals surface area contributed by atoms with E-state index in [1.807, 2.05) is 0 Å². The van der Waals surface area contributed by atoms with Crippen LogP contribution in [0.2, 0.25) is 0 Å². The van der Waals surface area contributed by atoms with Crippen molar-refractivity contribution in [2.45, 2.75) is 57.0 Å². The Morgan fingerprint density at radius 2 is 1.30 bits per heavy atom. The van der Waals surface area contributed by atoms with Crippen molar-refractivity contribution >= 4 is 0 Å². The number of benzene rings is 1. The van der Waals surface area contributed by atoms with Crippen molar-refractivity contribution in [1.29, 1.82) is 0 Å². The van der Waals surface area contributed by atoms with E-state index in [0.717, 1.165) is 42.8 Å². The van der Waals surface area contributed by atoms with Crippen molar-refractivity contribution in [2.75, 3.05) is 13.1 Å². The summed E-state index contributed by atoms with van der Waals surface area (Å²) < 4.78 is 0. The van der Waals surface area contributed by atoms with Crippen LogP contribution in [0.1, 0.15) is 43.2 Å². The Morgan fingerprint density at radius 1 is 0.739 bits per heavy atom. The van der Waals surface area contributed by atoms with E-state index < -0.39 is 0 Å². The maximum atomic E-state index is 3.95. The van der Waals surface area contributed by atoms with Crippen LogP contribution in [0.4, 0.5) is 0 Å². The Hall–Kier alpha value is -0.860. The second-order valence-corrected chi connectivity index (χ2v) is 8.74. The Morgan fingerprint density at radius 3 is 1.91 bits per heavy atom. The van der Waals surface area contributed by atoms with Gasteiger partial charge in [0.25, 0.3) is 0 Å². The number of nitrogens with one attached hydrogen (secondary N) is 2. The third kappa shape index (κ3) is 2.74. The van der Waals surface area contributed by atoms with Crippen LogP contribution >= 0.6 is 0 Å². The molecule has 5 aliphatic carbocycles. The molecule has 0 radical (unpaired) electrons. The van der Waals surface area contributed by atoms with Crippen LogP contribution in [0.25, 0.3) is 0 Å². The topological polar surface area (TPSA) is 24.1 Å². The molecule has 0 spiro atoms. The average Bonchev–Trinajstić information content (AvgIpc) is 2.95. The van der Waals surface area contributed by atoms with Gasteiger partial charge in [-0.25, -0.2) is 0 Å². The van der Waals surface area contributed by atoms with Crippen molar-refractivity contribution in [3.63, 3.8) is 0 Å². The molecule has 0 heterocycles. The largest absolute Gasteiger partial charge is 0.312 e. The molecule has 5 aliphatic rings. The molecule has 0 atom stereocenters. The van der Waals surface area contributed by atoms with E-state index >= 15 is 0 Å². The van der Waals surface area contributed by atoms with Crippen molar-refractivity contribution in [1.82, 2.24) is 10.6 Å². The Kier molecular flexibility index (Phi) is 3.71. The Bertz CT molecular complexity index is 514. The summed E-state index contributed by atoms with van der Waals surface area (Å²) in [5.74, 6) is 4.18. The van der Waals surface area contributed by atoms with Gasteiger partial charge in [0.15, 0.2) is 0 Å². The molecule has 4 fully saturated rings. The molecule has 6 rings (SSSR count). The molecule has 2 N–H and O–H groups in total. The normalized spacial score (nSPS) is 38.2. The summed E-state index contributed by atoms with van der Waals surface area (Å²) in [6.07, 6.45) is 10.1. The summed E-state index contributed by atoms with van der Waals surface area (Å²) in [5, 5.41) is 7.74. The van der Waals surface area contributed by atoms with Gasteiger partial charge in [-0.05, 0) is 79.7 Å². The third-order valence-electron chi connectivity index (χ3n) is 7.22. The van der Waals surface area contributed by atoms with Crippen LogP contribution in [-0.2, 0) is 12.8 Å². The lowest BCUT2D eigenvalue weighted by Crippen LogP contribution is -2.55. The lowest BCUT2D eigenvalue weighted by molar-refractivity contribution is -0.0133. The number of hydrogen-bond acceptors (Lipinski definition) is 2. The van der Waals surface area contributed by atoms with Crippen LogP contribution in [0.15, 0.2) is 24.3 Å². The molecular formula is C21H30N2. The van der Waals surface area contributed by atoms with E-state index in [2.05, 4.69) is 34.9 Å². The van der Waals surface area contributed by atoms with Gasteiger partial charge in [0, 0.05) is 25.2 Å². The van der Waals surface area contributed by atoms with E-state index in [-0.39, 0.29) is 0 Å². The summed E-state index contributed by atoms with van der Waals surface area (Å²) in [4.78, 5) is 0. The number of fused-ring (bicyclic) bond motifs is 1. The quantitative estimate of drug-likeness (QED) is 0.816. The summed E-state index contributed by atoms with van der Waals surface area (Å²) in [6, 6.07) is 10.4. The first-order valence-corrected chi connectivity index (χ1v) is 9.88. The molecule has 0 unspecified atom stereocenters. The second kappa shape index (κ2) is 5.89. The van der Waals surface area contributed by atoms with Gasteiger partial charge in [-0.2, -0.15) is 0 Å². The van der Waals surface area contributed by atoms with Gasteiger partial charge in [0.05, 0.1) is 0 Å². The molecule has 1 aromatic rings. The Balaban J connectivity index is 1.08. The summed E-state index contributed by atoms with van der Waals surface area (Å²) in [6.45, 7) is 2.28. The van der Waals surface area contributed by atoms with Gasteiger partial charge in [0.1, 0.15) is 0 Å².